The largest absolute Gasteiger partial charge is 0.350 e. The van der Waals surface area contributed by atoms with Gasteiger partial charge in [0, 0.05) is 16.8 Å². The van der Waals surface area contributed by atoms with Crippen LogP contribution >= 0.6 is 11.6 Å². The molecule has 5 heteroatoms. The SMILES string of the molecule is O=[N+]([O-])c1ccccc1Nc1cccc(Cl)c1. The van der Waals surface area contributed by atoms with Crippen molar-refractivity contribution in [3.8, 4) is 0 Å². The molecule has 2 rings (SSSR count). The van der Waals surface area contributed by atoms with Crippen molar-refractivity contribution in [2.24, 2.45) is 0 Å². The number of nitrogens with zero attached hydrogens (tertiary/aromatic N) is 1. The topological polar surface area (TPSA) is 55.2 Å². The third kappa shape index (κ3) is 2.73. The molecule has 0 aromatic heterocycles. The lowest BCUT2D eigenvalue weighted by Gasteiger charge is -2.06. The molecular weight excluding hydrogens is 240 g/mol. The Kier molecular flexibility index (Phi) is 3.25. The monoisotopic (exact) mass is 248 g/mol. The van der Waals surface area contributed by atoms with E-state index in [-0.39, 0.29) is 5.69 Å². The van der Waals surface area contributed by atoms with Crippen LogP contribution in [0.2, 0.25) is 5.02 Å². The average molecular weight is 249 g/mol. The van der Waals surface area contributed by atoms with Gasteiger partial charge in [-0.1, -0.05) is 29.8 Å². The zero-order valence-electron chi connectivity index (χ0n) is 8.76. The van der Waals surface area contributed by atoms with Crippen LogP contribution in [0.3, 0.4) is 0 Å². The average Bonchev–Trinajstić information content (AvgIpc) is 2.29. The molecule has 2 aromatic carbocycles. The standard InChI is InChI=1S/C12H9ClN2O2/c13-9-4-3-5-10(8-9)14-11-6-1-2-7-12(11)15(16)17/h1-8,14H. The van der Waals surface area contributed by atoms with E-state index in [0.717, 1.165) is 0 Å². The number of para-hydroxylation sites is 2. The third-order valence-corrected chi connectivity index (χ3v) is 2.44. The van der Waals surface area contributed by atoms with Crippen molar-refractivity contribution in [3.63, 3.8) is 0 Å². The molecule has 1 N–H and O–H groups in total. The van der Waals surface area contributed by atoms with E-state index in [4.69, 9.17) is 11.6 Å². The molecule has 0 unspecified atom stereocenters. The Labute approximate surface area is 103 Å². The number of hydrogen-bond donors (Lipinski definition) is 1. The maximum Gasteiger partial charge on any atom is 0.292 e. The van der Waals surface area contributed by atoms with Gasteiger partial charge in [-0.2, -0.15) is 0 Å². The molecule has 0 saturated carbocycles. The molecule has 0 bridgehead atoms. The summed E-state index contributed by atoms with van der Waals surface area (Å²) in [7, 11) is 0. The van der Waals surface area contributed by atoms with E-state index in [9.17, 15) is 10.1 Å². The summed E-state index contributed by atoms with van der Waals surface area (Å²) in [6.45, 7) is 0. The molecular formula is C12H9ClN2O2. The molecule has 0 spiro atoms. The predicted octanol–water partition coefficient (Wildman–Crippen LogP) is 3.99. The highest BCUT2D eigenvalue weighted by Crippen LogP contribution is 2.27. The lowest BCUT2D eigenvalue weighted by molar-refractivity contribution is -0.383. The minimum Gasteiger partial charge on any atom is -0.350 e. The number of nitro benzene ring substituents is 1. The smallest absolute Gasteiger partial charge is 0.292 e. The van der Waals surface area contributed by atoms with Crippen LogP contribution in [0.5, 0.6) is 0 Å². The molecule has 0 aliphatic heterocycles. The summed E-state index contributed by atoms with van der Waals surface area (Å²) in [6.07, 6.45) is 0. The van der Waals surface area contributed by atoms with E-state index in [0.29, 0.717) is 16.4 Å². The van der Waals surface area contributed by atoms with Crippen molar-refractivity contribution in [2.75, 3.05) is 5.32 Å². The number of nitrogens with one attached hydrogen (secondary N) is 1. The fourth-order valence-corrected chi connectivity index (χ4v) is 1.65. The van der Waals surface area contributed by atoms with Crippen LogP contribution in [-0.4, -0.2) is 4.92 Å². The molecule has 0 aliphatic carbocycles. The van der Waals surface area contributed by atoms with Gasteiger partial charge in [-0.3, -0.25) is 10.1 Å². The van der Waals surface area contributed by atoms with Gasteiger partial charge >= 0.3 is 0 Å². The van der Waals surface area contributed by atoms with Crippen LogP contribution in [-0.2, 0) is 0 Å². The Morgan fingerprint density at radius 1 is 1.12 bits per heavy atom. The minimum atomic E-state index is -0.424. The fraction of sp³-hybridized carbons (Fsp3) is 0. The maximum absolute atomic E-state index is 10.8. The molecule has 0 heterocycles. The van der Waals surface area contributed by atoms with Crippen LogP contribution in [0, 0.1) is 10.1 Å². The highest BCUT2D eigenvalue weighted by molar-refractivity contribution is 6.30. The highest BCUT2D eigenvalue weighted by Gasteiger charge is 2.11. The third-order valence-electron chi connectivity index (χ3n) is 2.20. The second-order valence-corrected chi connectivity index (χ2v) is 3.85. The molecule has 0 aliphatic rings. The first-order valence-electron chi connectivity index (χ1n) is 4.93. The molecule has 0 radical (unpaired) electrons. The first-order chi connectivity index (χ1) is 8.16. The van der Waals surface area contributed by atoms with E-state index in [1.54, 1.807) is 42.5 Å². The van der Waals surface area contributed by atoms with Gasteiger partial charge in [0.2, 0.25) is 0 Å². The second kappa shape index (κ2) is 4.84. The van der Waals surface area contributed by atoms with Crippen LogP contribution in [0.4, 0.5) is 17.1 Å². The number of halogens is 1. The number of anilines is 2. The molecule has 17 heavy (non-hydrogen) atoms. The summed E-state index contributed by atoms with van der Waals surface area (Å²) in [6, 6.07) is 13.5. The highest BCUT2D eigenvalue weighted by atomic mass is 35.5. The summed E-state index contributed by atoms with van der Waals surface area (Å²) in [4.78, 5) is 10.4. The van der Waals surface area contributed by atoms with Gasteiger partial charge in [0.15, 0.2) is 0 Å². The molecule has 0 saturated heterocycles. The van der Waals surface area contributed by atoms with E-state index < -0.39 is 4.92 Å². The molecule has 2 aromatic rings. The van der Waals surface area contributed by atoms with Crippen molar-refractivity contribution in [1.29, 1.82) is 0 Å². The Bertz CT molecular complexity index is 558. The Morgan fingerprint density at radius 3 is 2.59 bits per heavy atom. The minimum absolute atomic E-state index is 0.0347. The van der Waals surface area contributed by atoms with E-state index in [2.05, 4.69) is 5.32 Å². The lowest BCUT2D eigenvalue weighted by Crippen LogP contribution is -1.96. The van der Waals surface area contributed by atoms with Gasteiger partial charge in [-0.25, -0.2) is 0 Å². The van der Waals surface area contributed by atoms with Crippen LogP contribution in [0.25, 0.3) is 0 Å². The van der Waals surface area contributed by atoms with Gasteiger partial charge in [0.05, 0.1) is 4.92 Å². The van der Waals surface area contributed by atoms with Gasteiger partial charge in [0.25, 0.3) is 5.69 Å². The zero-order chi connectivity index (χ0) is 12.3. The van der Waals surface area contributed by atoms with Gasteiger partial charge < -0.3 is 5.32 Å². The summed E-state index contributed by atoms with van der Waals surface area (Å²) in [5, 5.41) is 14.4. The zero-order valence-corrected chi connectivity index (χ0v) is 9.52. The van der Waals surface area contributed by atoms with Crippen LogP contribution in [0.1, 0.15) is 0 Å². The number of nitro groups is 1. The first kappa shape index (κ1) is 11.4. The van der Waals surface area contributed by atoms with E-state index in [1.807, 2.05) is 0 Å². The van der Waals surface area contributed by atoms with E-state index in [1.165, 1.54) is 6.07 Å². The predicted molar refractivity (Wildman–Crippen MR) is 67.8 cm³/mol. The summed E-state index contributed by atoms with van der Waals surface area (Å²) in [5.41, 5.74) is 1.19. The quantitative estimate of drug-likeness (QED) is 0.660. The number of hydrogen-bond acceptors (Lipinski definition) is 3. The molecule has 0 atom stereocenters. The maximum atomic E-state index is 10.8. The van der Waals surface area contributed by atoms with Crippen molar-refractivity contribution < 1.29 is 4.92 Å². The fourth-order valence-electron chi connectivity index (χ4n) is 1.46. The molecule has 4 nitrogen and oxygen atoms in total. The molecule has 0 amide bonds. The van der Waals surface area contributed by atoms with Gasteiger partial charge in [-0.15, -0.1) is 0 Å². The normalized spacial score (nSPS) is 9.94. The van der Waals surface area contributed by atoms with Gasteiger partial charge in [-0.05, 0) is 24.3 Å². The van der Waals surface area contributed by atoms with Crippen molar-refractivity contribution in [2.45, 2.75) is 0 Å². The van der Waals surface area contributed by atoms with Crippen molar-refractivity contribution in [3.05, 3.63) is 63.7 Å². The van der Waals surface area contributed by atoms with Crippen LogP contribution in [0.15, 0.2) is 48.5 Å². The Hall–Kier alpha value is -2.07. The summed E-state index contributed by atoms with van der Waals surface area (Å²) in [5.74, 6) is 0. The van der Waals surface area contributed by atoms with Crippen LogP contribution < -0.4 is 5.32 Å². The lowest BCUT2D eigenvalue weighted by atomic mass is 10.2. The van der Waals surface area contributed by atoms with Crippen molar-refractivity contribution in [1.82, 2.24) is 0 Å². The molecule has 0 fully saturated rings. The van der Waals surface area contributed by atoms with Gasteiger partial charge in [0.1, 0.15) is 5.69 Å². The van der Waals surface area contributed by atoms with E-state index >= 15 is 0 Å². The summed E-state index contributed by atoms with van der Waals surface area (Å²) < 4.78 is 0. The number of benzene rings is 2. The summed E-state index contributed by atoms with van der Waals surface area (Å²) >= 11 is 5.84. The second-order valence-electron chi connectivity index (χ2n) is 3.41. The molecule has 86 valence electrons. The Balaban J connectivity index is 2.33. The number of rotatable bonds is 3. The Morgan fingerprint density at radius 2 is 1.88 bits per heavy atom. The first-order valence-corrected chi connectivity index (χ1v) is 5.30. The van der Waals surface area contributed by atoms with Crippen molar-refractivity contribution >= 4 is 28.7 Å².